The summed E-state index contributed by atoms with van der Waals surface area (Å²) in [5.74, 6) is -1.36. The third-order valence-electron chi connectivity index (χ3n) is 3.03. The molecular weight excluding hydrogens is 337 g/mol. The number of carboxylic acids is 1. The first-order chi connectivity index (χ1) is 10.6. The molecule has 0 aromatic heterocycles. The number of hydrogen-bond donors (Lipinski definition) is 3. The first-order valence-electron chi connectivity index (χ1n) is 6.70. The summed E-state index contributed by atoms with van der Waals surface area (Å²) >= 11 is 0. The van der Waals surface area contributed by atoms with Crippen molar-refractivity contribution < 1.29 is 31.5 Å². The van der Waals surface area contributed by atoms with Gasteiger partial charge in [0.25, 0.3) is 0 Å². The highest BCUT2D eigenvalue weighted by molar-refractivity contribution is 7.89. The lowest BCUT2D eigenvalue weighted by atomic mass is 10.1. The molecule has 0 spiro atoms. The van der Waals surface area contributed by atoms with Crippen molar-refractivity contribution in [1.29, 1.82) is 0 Å². The number of carboxylic acid groups (broad SMARTS) is 1. The van der Waals surface area contributed by atoms with Crippen molar-refractivity contribution in [2.45, 2.75) is 36.4 Å². The van der Waals surface area contributed by atoms with Gasteiger partial charge in [-0.3, -0.25) is 4.79 Å². The van der Waals surface area contributed by atoms with Crippen molar-refractivity contribution in [3.05, 3.63) is 29.8 Å². The fourth-order valence-corrected chi connectivity index (χ4v) is 3.03. The molecule has 4 N–H and O–H groups in total. The van der Waals surface area contributed by atoms with Gasteiger partial charge in [0.05, 0.1) is 10.5 Å². The number of halogens is 3. The maximum Gasteiger partial charge on any atom is 0.416 e. The summed E-state index contributed by atoms with van der Waals surface area (Å²) in [5, 5.41) is 9.03. The minimum atomic E-state index is -4.58. The maximum atomic E-state index is 12.5. The van der Waals surface area contributed by atoms with Crippen LogP contribution in [-0.4, -0.2) is 32.1 Å². The lowest BCUT2D eigenvalue weighted by molar-refractivity contribution is -0.139. The Morgan fingerprint density at radius 3 is 2.22 bits per heavy atom. The Morgan fingerprint density at radius 2 is 1.78 bits per heavy atom. The molecule has 0 unspecified atom stereocenters. The van der Waals surface area contributed by atoms with E-state index in [0.717, 1.165) is 12.1 Å². The number of carbonyl (C=O) groups is 1. The Morgan fingerprint density at radius 1 is 1.22 bits per heavy atom. The van der Waals surface area contributed by atoms with Crippen molar-refractivity contribution >= 4 is 16.0 Å². The van der Waals surface area contributed by atoms with Gasteiger partial charge in [0.15, 0.2) is 0 Å². The van der Waals surface area contributed by atoms with Crippen molar-refractivity contribution in [2.24, 2.45) is 5.73 Å². The quantitative estimate of drug-likeness (QED) is 0.614. The molecule has 23 heavy (non-hydrogen) atoms. The van der Waals surface area contributed by atoms with E-state index in [4.69, 9.17) is 10.8 Å². The lowest BCUT2D eigenvalue weighted by Crippen LogP contribution is -2.40. The minimum Gasteiger partial charge on any atom is -0.480 e. The Kier molecular flexibility index (Phi) is 6.54. The van der Waals surface area contributed by atoms with Gasteiger partial charge in [-0.05, 0) is 43.7 Å². The third kappa shape index (κ3) is 5.81. The van der Waals surface area contributed by atoms with E-state index >= 15 is 0 Å². The summed E-state index contributed by atoms with van der Waals surface area (Å²) in [6.07, 6.45) is -3.61. The molecule has 0 saturated heterocycles. The number of rotatable bonds is 8. The van der Waals surface area contributed by atoms with Gasteiger partial charge in [0.1, 0.15) is 6.04 Å². The number of hydrogen-bond acceptors (Lipinski definition) is 4. The molecule has 0 saturated carbocycles. The van der Waals surface area contributed by atoms with Crippen LogP contribution in [0, 0.1) is 0 Å². The average Bonchev–Trinajstić information content (AvgIpc) is 2.45. The Bertz CT molecular complexity index is 630. The average molecular weight is 354 g/mol. The molecule has 0 aliphatic rings. The van der Waals surface area contributed by atoms with Crippen LogP contribution in [0.25, 0.3) is 0 Å². The van der Waals surface area contributed by atoms with Crippen molar-refractivity contribution in [1.82, 2.24) is 4.72 Å². The molecule has 0 aliphatic heterocycles. The summed E-state index contributed by atoms with van der Waals surface area (Å²) < 4.78 is 63.5. The molecule has 130 valence electrons. The van der Waals surface area contributed by atoms with Crippen LogP contribution in [0.15, 0.2) is 29.2 Å². The van der Waals surface area contributed by atoms with Crippen molar-refractivity contribution in [3.63, 3.8) is 0 Å². The zero-order valence-electron chi connectivity index (χ0n) is 12.0. The fourth-order valence-electron chi connectivity index (χ4n) is 1.80. The van der Waals surface area contributed by atoms with Gasteiger partial charge in [-0.1, -0.05) is 6.42 Å². The minimum absolute atomic E-state index is 0.0341. The second kappa shape index (κ2) is 7.75. The molecule has 10 heteroatoms. The molecule has 1 aromatic carbocycles. The maximum absolute atomic E-state index is 12.5. The molecule has 1 atom stereocenters. The van der Waals surface area contributed by atoms with Gasteiger partial charge < -0.3 is 10.8 Å². The number of nitrogens with one attached hydrogen (secondary N) is 1. The van der Waals surface area contributed by atoms with Crippen LogP contribution in [0.3, 0.4) is 0 Å². The molecular formula is C13H17F3N2O4S. The van der Waals surface area contributed by atoms with E-state index in [1.54, 1.807) is 0 Å². The summed E-state index contributed by atoms with van der Waals surface area (Å²) in [6, 6.07) is 1.44. The van der Waals surface area contributed by atoms with E-state index in [0.29, 0.717) is 31.5 Å². The molecule has 6 nitrogen and oxygen atoms in total. The number of nitrogens with two attached hydrogens (primary N) is 1. The highest BCUT2D eigenvalue weighted by atomic mass is 32.2. The van der Waals surface area contributed by atoms with E-state index in [-0.39, 0.29) is 6.42 Å². The number of aliphatic carboxylic acids is 1. The van der Waals surface area contributed by atoms with Crippen molar-refractivity contribution in [3.8, 4) is 0 Å². The first kappa shape index (κ1) is 19.4. The summed E-state index contributed by atoms with van der Waals surface area (Å²) in [6.45, 7) is 0.345. The Labute approximate surface area is 131 Å². The fraction of sp³-hybridized carbons (Fsp3) is 0.462. The molecule has 0 radical (unpaired) electrons. The summed E-state index contributed by atoms with van der Waals surface area (Å²) in [5.41, 5.74) is 4.29. The first-order valence-corrected chi connectivity index (χ1v) is 8.18. The van der Waals surface area contributed by atoms with Crippen LogP contribution in [0.5, 0.6) is 0 Å². The highest BCUT2D eigenvalue weighted by Gasteiger charge is 2.31. The second-order valence-electron chi connectivity index (χ2n) is 4.82. The van der Waals surface area contributed by atoms with Gasteiger partial charge in [0, 0.05) is 0 Å². The van der Waals surface area contributed by atoms with Crippen LogP contribution in [-0.2, 0) is 21.0 Å². The summed E-state index contributed by atoms with van der Waals surface area (Å²) in [4.78, 5) is 10.6. The van der Waals surface area contributed by atoms with Crippen LogP contribution in [0.1, 0.15) is 24.8 Å². The normalized spacial score (nSPS) is 13.7. The highest BCUT2D eigenvalue weighted by Crippen LogP contribution is 2.29. The van der Waals surface area contributed by atoms with Crippen LogP contribution in [0.2, 0.25) is 0 Å². The number of unbranched alkanes of at least 4 members (excludes halogenated alkanes) is 1. The lowest BCUT2D eigenvalue weighted by Gasteiger charge is -2.15. The van der Waals surface area contributed by atoms with Gasteiger partial charge in [0.2, 0.25) is 10.0 Å². The molecule has 0 heterocycles. The second-order valence-corrected chi connectivity index (χ2v) is 6.53. The molecule has 1 aromatic rings. The van der Waals surface area contributed by atoms with Gasteiger partial charge in [-0.15, -0.1) is 0 Å². The largest absolute Gasteiger partial charge is 0.480 e. The van der Waals surface area contributed by atoms with E-state index in [9.17, 15) is 26.4 Å². The molecule has 1 rings (SSSR count). The topological polar surface area (TPSA) is 109 Å². The van der Waals surface area contributed by atoms with E-state index in [1.165, 1.54) is 0 Å². The van der Waals surface area contributed by atoms with Gasteiger partial charge >= 0.3 is 12.1 Å². The van der Waals surface area contributed by atoms with Crippen LogP contribution >= 0.6 is 0 Å². The molecule has 0 fully saturated rings. The van der Waals surface area contributed by atoms with Gasteiger partial charge in [-0.25, -0.2) is 8.42 Å². The van der Waals surface area contributed by atoms with Crippen molar-refractivity contribution in [2.75, 3.05) is 6.54 Å². The monoisotopic (exact) mass is 354 g/mol. The predicted molar refractivity (Wildman–Crippen MR) is 76.1 cm³/mol. The molecule has 0 aliphatic carbocycles. The van der Waals surface area contributed by atoms with Crippen LogP contribution in [0.4, 0.5) is 13.2 Å². The molecule has 0 amide bonds. The zero-order valence-corrected chi connectivity index (χ0v) is 12.8. The number of alkyl halides is 3. The Balaban J connectivity index is 2.90. The number of benzene rings is 1. The van der Waals surface area contributed by atoms with Crippen LogP contribution < -0.4 is 10.5 Å². The van der Waals surface area contributed by atoms with E-state index in [1.807, 2.05) is 4.72 Å². The number of sulfonamides is 1. The molecule has 0 bridgehead atoms. The standard InChI is InChI=1S/C13H17F3N2O4S/c14-13(15,16)9-4-6-10(7-5-9)23(21,22)18-11(12(19)20)3-1-2-8-17/h4-7,11,18H,1-3,8,17H2,(H,19,20)/t11-/m0/s1. The van der Waals surface area contributed by atoms with E-state index in [2.05, 4.69) is 0 Å². The third-order valence-corrected chi connectivity index (χ3v) is 4.52. The Hall–Kier alpha value is -1.65. The SMILES string of the molecule is NCCCC[C@H](NS(=O)(=O)c1ccc(C(F)(F)F)cc1)C(=O)O. The smallest absolute Gasteiger partial charge is 0.416 e. The van der Waals surface area contributed by atoms with E-state index < -0.39 is 38.7 Å². The van der Waals surface area contributed by atoms with Gasteiger partial charge in [-0.2, -0.15) is 17.9 Å². The summed E-state index contributed by atoms with van der Waals surface area (Å²) in [7, 11) is -4.23. The predicted octanol–water partition coefficient (Wildman–Crippen LogP) is 1.57. The zero-order chi connectivity index (χ0) is 17.7.